The molecule has 0 amide bonds. The van der Waals surface area contributed by atoms with Crippen LogP contribution in [0.1, 0.15) is 5.76 Å². The Morgan fingerprint density at radius 3 is 2.86 bits per heavy atom. The van der Waals surface area contributed by atoms with Crippen molar-refractivity contribution >= 4 is 50.5 Å². The van der Waals surface area contributed by atoms with Gasteiger partial charge < -0.3 is 9.73 Å². The summed E-state index contributed by atoms with van der Waals surface area (Å²) in [7, 11) is 0. The van der Waals surface area contributed by atoms with Crippen molar-refractivity contribution in [3.05, 3.63) is 65.2 Å². The van der Waals surface area contributed by atoms with Gasteiger partial charge in [0.15, 0.2) is 10.2 Å². The van der Waals surface area contributed by atoms with Gasteiger partial charge in [-0.25, -0.2) is 9.97 Å². The van der Waals surface area contributed by atoms with E-state index in [9.17, 15) is 0 Å². The Hall–Kier alpha value is -2.75. The van der Waals surface area contributed by atoms with Crippen molar-refractivity contribution in [1.82, 2.24) is 20.2 Å². The quantitative estimate of drug-likeness (QED) is 0.358. The van der Waals surface area contributed by atoms with Crippen LogP contribution in [-0.2, 0) is 6.54 Å². The first kappa shape index (κ1) is 17.4. The lowest BCUT2D eigenvalue weighted by molar-refractivity contribution is 0.518. The van der Waals surface area contributed by atoms with Gasteiger partial charge in [-0.05, 0) is 41.4 Å². The zero-order chi connectivity index (χ0) is 18.8. The number of fused-ring (bicyclic) bond motifs is 1. The highest BCUT2D eigenvalue weighted by Gasteiger charge is 2.14. The molecule has 0 saturated carbocycles. The third kappa shape index (κ3) is 3.64. The molecule has 28 heavy (non-hydrogen) atoms. The number of para-hydroxylation sites is 1. The lowest BCUT2D eigenvalue weighted by Gasteiger charge is -2.06. The van der Waals surface area contributed by atoms with Gasteiger partial charge in [-0.2, -0.15) is 11.3 Å². The third-order valence-corrected chi connectivity index (χ3v) is 6.55. The highest BCUT2D eigenvalue weighted by molar-refractivity contribution is 8.01. The molecule has 0 aliphatic rings. The summed E-state index contributed by atoms with van der Waals surface area (Å²) in [6.07, 6.45) is 1.66. The Labute approximate surface area is 172 Å². The van der Waals surface area contributed by atoms with Crippen LogP contribution in [0.25, 0.3) is 22.3 Å². The molecule has 0 aliphatic heterocycles. The van der Waals surface area contributed by atoms with E-state index in [-0.39, 0.29) is 0 Å². The molecule has 0 spiro atoms. The van der Waals surface area contributed by atoms with Gasteiger partial charge in [0.05, 0.1) is 18.3 Å². The number of nitrogens with one attached hydrogen (secondary N) is 1. The van der Waals surface area contributed by atoms with Gasteiger partial charge in [-0.1, -0.05) is 29.5 Å². The van der Waals surface area contributed by atoms with Crippen molar-refractivity contribution < 1.29 is 4.42 Å². The molecule has 4 aromatic heterocycles. The molecule has 0 unspecified atom stereocenters. The number of anilines is 1. The lowest BCUT2D eigenvalue weighted by Crippen LogP contribution is -1.96. The fourth-order valence-corrected chi connectivity index (χ4v) is 5.04. The number of thiophene rings is 1. The maximum Gasteiger partial charge on any atom is 0.206 e. The largest absolute Gasteiger partial charge is 0.467 e. The fourth-order valence-electron chi connectivity index (χ4n) is 2.63. The third-order valence-electron chi connectivity index (χ3n) is 3.93. The molecule has 138 valence electrons. The van der Waals surface area contributed by atoms with Gasteiger partial charge in [0.2, 0.25) is 5.13 Å². The normalized spacial score (nSPS) is 11.1. The zero-order valence-corrected chi connectivity index (χ0v) is 16.9. The Bertz CT molecular complexity index is 1200. The molecule has 5 rings (SSSR count). The molecule has 5 aromatic rings. The molecule has 0 atom stereocenters. The molecule has 1 aromatic carbocycles. The molecule has 0 bridgehead atoms. The van der Waals surface area contributed by atoms with Crippen LogP contribution in [0, 0.1) is 0 Å². The highest BCUT2D eigenvalue weighted by atomic mass is 32.2. The minimum Gasteiger partial charge on any atom is -0.467 e. The summed E-state index contributed by atoms with van der Waals surface area (Å²) in [5.74, 6) is 1.58. The molecular weight excluding hydrogens is 410 g/mol. The molecule has 4 heterocycles. The average molecular weight is 424 g/mol. The first-order valence-corrected chi connectivity index (χ1v) is 11.0. The molecule has 1 N–H and O–H groups in total. The first-order chi connectivity index (χ1) is 13.8. The molecule has 9 heteroatoms. The molecule has 0 fully saturated rings. The number of nitrogens with zero attached hydrogens (tertiary/aromatic N) is 4. The van der Waals surface area contributed by atoms with Gasteiger partial charge in [0.1, 0.15) is 10.8 Å². The molecular formula is C19H13N5OS3. The van der Waals surface area contributed by atoms with E-state index in [1.54, 1.807) is 17.6 Å². The number of aromatic nitrogens is 4. The van der Waals surface area contributed by atoms with Crippen LogP contribution in [0.4, 0.5) is 5.13 Å². The van der Waals surface area contributed by atoms with Crippen LogP contribution in [-0.4, -0.2) is 20.2 Å². The van der Waals surface area contributed by atoms with E-state index >= 15 is 0 Å². The highest BCUT2D eigenvalue weighted by Crippen LogP contribution is 2.36. The van der Waals surface area contributed by atoms with Crippen LogP contribution in [0.15, 0.2) is 73.3 Å². The van der Waals surface area contributed by atoms with Gasteiger partial charge in [0, 0.05) is 16.3 Å². The Morgan fingerprint density at radius 2 is 2.00 bits per heavy atom. The Morgan fingerprint density at radius 1 is 1.04 bits per heavy atom. The Kier molecular flexibility index (Phi) is 4.78. The molecule has 0 radical (unpaired) electrons. The van der Waals surface area contributed by atoms with Gasteiger partial charge in [-0.15, -0.1) is 10.2 Å². The summed E-state index contributed by atoms with van der Waals surface area (Å²) in [5.41, 5.74) is 1.94. The number of hydrogen-bond donors (Lipinski definition) is 1. The average Bonchev–Trinajstić information content (AvgIpc) is 3.48. The van der Waals surface area contributed by atoms with Crippen molar-refractivity contribution in [2.24, 2.45) is 0 Å². The number of furan rings is 1. The molecule has 0 aliphatic carbocycles. The maximum atomic E-state index is 5.33. The number of rotatable bonds is 6. The van der Waals surface area contributed by atoms with Gasteiger partial charge >= 0.3 is 0 Å². The maximum absolute atomic E-state index is 5.33. The summed E-state index contributed by atoms with van der Waals surface area (Å²) in [6.45, 7) is 0.574. The van der Waals surface area contributed by atoms with Crippen LogP contribution in [0.2, 0.25) is 0 Å². The minimum atomic E-state index is 0.574. The minimum absolute atomic E-state index is 0.574. The van der Waals surface area contributed by atoms with Crippen LogP contribution >= 0.6 is 34.4 Å². The summed E-state index contributed by atoms with van der Waals surface area (Å²) < 4.78 is 6.15. The van der Waals surface area contributed by atoms with Crippen molar-refractivity contribution in [2.45, 2.75) is 15.9 Å². The summed E-state index contributed by atoms with van der Waals surface area (Å²) in [5, 5.41) is 18.5. The number of benzene rings is 1. The first-order valence-electron chi connectivity index (χ1n) is 8.42. The van der Waals surface area contributed by atoms with Crippen LogP contribution < -0.4 is 5.32 Å². The van der Waals surface area contributed by atoms with Crippen LogP contribution in [0.3, 0.4) is 0 Å². The summed E-state index contributed by atoms with van der Waals surface area (Å²) in [4.78, 5) is 9.51. The SMILES string of the molecule is c1coc(CNc2nnc(Sc3nc(-c4ccsc4)nc4ccccc34)s2)c1. The second kappa shape index (κ2) is 7.70. The second-order valence-electron chi connectivity index (χ2n) is 5.79. The van der Waals surface area contributed by atoms with E-state index in [1.807, 2.05) is 47.8 Å². The van der Waals surface area contributed by atoms with E-state index in [0.29, 0.717) is 6.54 Å². The van der Waals surface area contributed by atoms with E-state index < -0.39 is 0 Å². The van der Waals surface area contributed by atoms with Crippen molar-refractivity contribution in [3.8, 4) is 11.4 Å². The lowest BCUT2D eigenvalue weighted by atomic mass is 10.2. The van der Waals surface area contributed by atoms with Gasteiger partial charge in [-0.3, -0.25) is 0 Å². The van der Waals surface area contributed by atoms with Crippen molar-refractivity contribution in [3.63, 3.8) is 0 Å². The monoisotopic (exact) mass is 423 g/mol. The van der Waals surface area contributed by atoms with E-state index in [0.717, 1.165) is 42.5 Å². The molecule has 0 saturated heterocycles. The predicted molar refractivity (Wildman–Crippen MR) is 113 cm³/mol. The summed E-state index contributed by atoms with van der Waals surface area (Å²) >= 11 is 4.63. The second-order valence-corrected chi connectivity index (χ2v) is 8.78. The Balaban J connectivity index is 1.43. The van der Waals surface area contributed by atoms with E-state index in [4.69, 9.17) is 14.4 Å². The standard InChI is InChI=1S/C19H13N5OS3/c1-2-6-15-14(5-1)17(22-16(21-15)12-7-9-26-11-12)27-19-24-23-18(28-19)20-10-13-4-3-8-25-13/h1-9,11H,10H2,(H,20,23). The molecule has 6 nitrogen and oxygen atoms in total. The summed E-state index contributed by atoms with van der Waals surface area (Å²) in [6, 6.07) is 13.8. The zero-order valence-electron chi connectivity index (χ0n) is 14.4. The van der Waals surface area contributed by atoms with E-state index in [2.05, 4.69) is 20.9 Å². The predicted octanol–water partition coefficient (Wildman–Crippen LogP) is 5.57. The fraction of sp³-hybridized carbons (Fsp3) is 0.0526. The van der Waals surface area contributed by atoms with E-state index in [1.165, 1.54) is 23.1 Å². The number of hydrogen-bond acceptors (Lipinski definition) is 9. The van der Waals surface area contributed by atoms with Gasteiger partial charge in [0.25, 0.3) is 0 Å². The topological polar surface area (TPSA) is 76.7 Å². The van der Waals surface area contributed by atoms with Crippen molar-refractivity contribution in [2.75, 3.05) is 5.32 Å². The van der Waals surface area contributed by atoms with Crippen molar-refractivity contribution in [1.29, 1.82) is 0 Å². The van der Waals surface area contributed by atoms with Crippen LogP contribution in [0.5, 0.6) is 0 Å². The smallest absolute Gasteiger partial charge is 0.206 e.